The second-order valence-corrected chi connectivity index (χ2v) is 12.6. The molecular weight excluding hydrogens is 535 g/mol. The number of carbonyl (C=O) groups is 2. The van der Waals surface area contributed by atoms with Gasteiger partial charge in [-0.15, -0.1) is 0 Å². The molecule has 0 aromatic heterocycles. The van der Waals surface area contributed by atoms with E-state index in [1.807, 2.05) is 6.07 Å². The zero-order chi connectivity index (χ0) is 28.7. The fraction of sp³-hybridized carbons (Fsp3) is 0.533. The van der Waals surface area contributed by atoms with E-state index in [1.165, 1.54) is 17.0 Å². The Hall–Kier alpha value is -3.04. The Morgan fingerprint density at radius 3 is 2.35 bits per heavy atom. The van der Waals surface area contributed by atoms with E-state index in [2.05, 4.69) is 4.90 Å². The van der Waals surface area contributed by atoms with Crippen molar-refractivity contribution in [2.24, 2.45) is 5.73 Å². The monoisotopic (exact) mass is 572 g/mol. The molecule has 0 aliphatic carbocycles. The van der Waals surface area contributed by atoms with Crippen molar-refractivity contribution in [2.45, 2.75) is 70.1 Å². The highest BCUT2D eigenvalue weighted by Crippen LogP contribution is 2.43. The summed E-state index contributed by atoms with van der Waals surface area (Å²) in [5.41, 5.74) is 7.79. The Bertz CT molecular complexity index is 1250. The first-order valence-corrected chi connectivity index (χ1v) is 14.4. The third-order valence-electron chi connectivity index (χ3n) is 7.81. The lowest BCUT2D eigenvalue weighted by Gasteiger charge is -2.42. The molecule has 1 unspecified atom stereocenters. The van der Waals surface area contributed by atoms with Gasteiger partial charge in [0, 0.05) is 37.8 Å². The maximum atomic E-state index is 13.7. The number of amides is 2. The summed E-state index contributed by atoms with van der Waals surface area (Å²) in [7, 11) is 0. The molecule has 8 nitrogen and oxygen atoms in total. The van der Waals surface area contributed by atoms with Crippen LogP contribution in [0.4, 0.5) is 20.6 Å². The van der Waals surface area contributed by atoms with E-state index in [1.54, 1.807) is 43.9 Å². The van der Waals surface area contributed by atoms with Crippen LogP contribution in [-0.2, 0) is 16.0 Å². The minimum absolute atomic E-state index is 0.0139. The van der Waals surface area contributed by atoms with Gasteiger partial charge in [-0.1, -0.05) is 23.7 Å². The highest BCUT2D eigenvalue weighted by Gasteiger charge is 2.41. The highest BCUT2D eigenvalue weighted by atomic mass is 35.5. The van der Waals surface area contributed by atoms with Crippen molar-refractivity contribution in [3.05, 3.63) is 52.8 Å². The second kappa shape index (κ2) is 11.1. The molecule has 0 bridgehead atoms. The number of likely N-dealkylation sites (tertiary alicyclic amines) is 1. The SMILES string of the molecule is CC(C)(C)OC(=O)N1CC(C(=O)N2CCC(N)(Cc3ccc(F)cc3)CC2)Oc2cc(N3CCCC3)c(Cl)cc21. The van der Waals surface area contributed by atoms with Gasteiger partial charge in [0.15, 0.2) is 6.10 Å². The molecule has 1 atom stereocenters. The van der Waals surface area contributed by atoms with Crippen molar-refractivity contribution in [3.63, 3.8) is 0 Å². The van der Waals surface area contributed by atoms with E-state index in [-0.39, 0.29) is 18.3 Å². The maximum absolute atomic E-state index is 13.7. The molecule has 216 valence electrons. The molecule has 2 aromatic carbocycles. The number of anilines is 2. The maximum Gasteiger partial charge on any atom is 0.415 e. The van der Waals surface area contributed by atoms with Gasteiger partial charge in [0.05, 0.1) is 22.9 Å². The molecule has 3 aliphatic rings. The van der Waals surface area contributed by atoms with E-state index in [4.69, 9.17) is 26.8 Å². The highest BCUT2D eigenvalue weighted by molar-refractivity contribution is 6.33. The van der Waals surface area contributed by atoms with Gasteiger partial charge in [-0.25, -0.2) is 9.18 Å². The van der Waals surface area contributed by atoms with E-state index in [0.29, 0.717) is 48.8 Å². The first-order valence-electron chi connectivity index (χ1n) is 14.0. The smallest absolute Gasteiger partial charge is 0.415 e. The molecule has 3 aliphatic heterocycles. The van der Waals surface area contributed by atoms with Gasteiger partial charge in [0.2, 0.25) is 0 Å². The summed E-state index contributed by atoms with van der Waals surface area (Å²) < 4.78 is 25.3. The quantitative estimate of drug-likeness (QED) is 0.545. The van der Waals surface area contributed by atoms with Crippen LogP contribution in [0.2, 0.25) is 5.02 Å². The average molecular weight is 573 g/mol. The number of nitrogens with zero attached hydrogens (tertiary/aromatic N) is 3. The Labute approximate surface area is 240 Å². The van der Waals surface area contributed by atoms with Crippen molar-refractivity contribution in [1.82, 2.24) is 4.90 Å². The van der Waals surface area contributed by atoms with Gasteiger partial charge in [-0.05, 0) is 76.6 Å². The molecule has 0 saturated carbocycles. The normalized spacial score (nSPS) is 20.6. The fourth-order valence-corrected chi connectivity index (χ4v) is 5.95. The molecule has 0 spiro atoms. The summed E-state index contributed by atoms with van der Waals surface area (Å²) in [4.78, 5) is 32.4. The fourth-order valence-electron chi connectivity index (χ4n) is 5.67. The van der Waals surface area contributed by atoms with Gasteiger partial charge < -0.3 is 25.0 Å². The van der Waals surface area contributed by atoms with E-state index in [9.17, 15) is 14.0 Å². The number of hydrogen-bond donors (Lipinski definition) is 1. The molecule has 2 aromatic rings. The minimum atomic E-state index is -0.894. The summed E-state index contributed by atoms with van der Waals surface area (Å²) in [6.07, 6.45) is 2.52. The summed E-state index contributed by atoms with van der Waals surface area (Å²) in [5, 5.41) is 0.527. The molecule has 2 N–H and O–H groups in total. The van der Waals surface area contributed by atoms with Crippen molar-refractivity contribution in [2.75, 3.05) is 42.5 Å². The third-order valence-corrected chi connectivity index (χ3v) is 8.12. The molecule has 2 saturated heterocycles. The van der Waals surface area contributed by atoms with Crippen LogP contribution in [0, 0.1) is 5.82 Å². The summed E-state index contributed by atoms with van der Waals surface area (Å²) in [6.45, 7) is 8.14. The topological polar surface area (TPSA) is 88.3 Å². The van der Waals surface area contributed by atoms with Crippen LogP contribution in [0.1, 0.15) is 52.0 Å². The number of fused-ring (bicyclic) bond motifs is 1. The largest absolute Gasteiger partial charge is 0.476 e. The van der Waals surface area contributed by atoms with E-state index >= 15 is 0 Å². The number of benzene rings is 2. The third kappa shape index (κ3) is 6.31. The van der Waals surface area contributed by atoms with Gasteiger partial charge in [0.1, 0.15) is 17.2 Å². The molecule has 0 radical (unpaired) electrons. The zero-order valence-electron chi connectivity index (χ0n) is 23.4. The summed E-state index contributed by atoms with van der Waals surface area (Å²) in [6, 6.07) is 9.95. The lowest BCUT2D eigenvalue weighted by atomic mass is 9.82. The van der Waals surface area contributed by atoms with Crippen LogP contribution in [-0.4, -0.2) is 66.9 Å². The van der Waals surface area contributed by atoms with Crippen LogP contribution >= 0.6 is 11.6 Å². The van der Waals surface area contributed by atoms with Crippen molar-refractivity contribution in [3.8, 4) is 5.75 Å². The Kier molecular flexibility index (Phi) is 7.90. The van der Waals surface area contributed by atoms with Crippen LogP contribution in [0.25, 0.3) is 0 Å². The predicted octanol–water partition coefficient (Wildman–Crippen LogP) is 5.14. The number of ether oxygens (including phenoxy) is 2. The Balaban J connectivity index is 1.34. The minimum Gasteiger partial charge on any atom is -0.476 e. The van der Waals surface area contributed by atoms with Crippen molar-refractivity contribution < 1.29 is 23.5 Å². The van der Waals surface area contributed by atoms with Crippen LogP contribution in [0.3, 0.4) is 0 Å². The number of carbonyl (C=O) groups excluding carboxylic acids is 2. The molecular formula is C30H38ClFN4O4. The van der Waals surface area contributed by atoms with Crippen LogP contribution in [0.5, 0.6) is 5.75 Å². The predicted molar refractivity (Wildman–Crippen MR) is 154 cm³/mol. The zero-order valence-corrected chi connectivity index (χ0v) is 24.2. The van der Waals surface area contributed by atoms with Gasteiger partial charge >= 0.3 is 6.09 Å². The first kappa shape index (κ1) is 28.5. The summed E-state index contributed by atoms with van der Waals surface area (Å²) >= 11 is 6.68. The number of piperidine rings is 1. The Morgan fingerprint density at radius 1 is 1.07 bits per heavy atom. The van der Waals surface area contributed by atoms with Crippen LogP contribution in [0.15, 0.2) is 36.4 Å². The number of nitrogens with two attached hydrogens (primary N) is 1. The van der Waals surface area contributed by atoms with E-state index < -0.39 is 23.3 Å². The lowest BCUT2D eigenvalue weighted by Crippen LogP contribution is -2.57. The molecule has 2 fully saturated rings. The lowest BCUT2D eigenvalue weighted by molar-refractivity contribution is -0.140. The first-order chi connectivity index (χ1) is 18.9. The number of halogens is 2. The second-order valence-electron chi connectivity index (χ2n) is 12.2. The van der Waals surface area contributed by atoms with Gasteiger partial charge in [-0.2, -0.15) is 0 Å². The molecule has 3 heterocycles. The standard InChI is InChI=1S/C30H38ClFN4O4/c1-29(2,3)40-28(38)36-19-26(39-25-17-23(22(31)16-24(25)36)34-12-4-5-13-34)27(37)35-14-10-30(33,11-15-35)18-20-6-8-21(32)9-7-20/h6-9,16-17,26H,4-5,10-15,18-19,33H2,1-3H3. The van der Waals surface area contributed by atoms with Gasteiger partial charge in [0.25, 0.3) is 5.91 Å². The number of hydrogen-bond acceptors (Lipinski definition) is 6. The van der Waals surface area contributed by atoms with Crippen molar-refractivity contribution in [1.29, 1.82) is 0 Å². The van der Waals surface area contributed by atoms with E-state index in [0.717, 1.165) is 37.2 Å². The molecule has 2 amide bonds. The van der Waals surface area contributed by atoms with Gasteiger partial charge in [-0.3, -0.25) is 9.69 Å². The molecule has 10 heteroatoms. The average Bonchev–Trinajstić information content (AvgIpc) is 3.43. The van der Waals surface area contributed by atoms with Crippen molar-refractivity contribution >= 4 is 35.0 Å². The summed E-state index contributed by atoms with van der Waals surface area (Å²) in [5.74, 6) is -0.0384. The Morgan fingerprint density at radius 2 is 1.73 bits per heavy atom. The van der Waals surface area contributed by atoms with Crippen LogP contribution < -0.4 is 20.3 Å². The molecule has 40 heavy (non-hydrogen) atoms. The molecule has 5 rings (SSSR count). The number of rotatable bonds is 4.